The van der Waals surface area contributed by atoms with E-state index in [9.17, 15) is 0 Å². The summed E-state index contributed by atoms with van der Waals surface area (Å²) < 4.78 is 7.63. The van der Waals surface area contributed by atoms with Crippen molar-refractivity contribution < 1.29 is 4.74 Å². The van der Waals surface area contributed by atoms with Crippen LogP contribution in [-0.4, -0.2) is 52.3 Å². The van der Waals surface area contributed by atoms with Gasteiger partial charge in [-0.05, 0) is 13.0 Å². The minimum atomic E-state index is 0.328. The van der Waals surface area contributed by atoms with Gasteiger partial charge >= 0.3 is 0 Å². The average Bonchev–Trinajstić information content (AvgIpc) is 2.86. The Morgan fingerprint density at radius 1 is 1.40 bits per heavy atom. The zero-order valence-corrected chi connectivity index (χ0v) is 12.4. The second kappa shape index (κ2) is 6.08. The third-order valence-electron chi connectivity index (χ3n) is 3.75. The Balaban J connectivity index is 1.87. The normalized spacial score (nSPS) is 18.5. The monoisotopic (exact) mass is 294 g/mol. The number of ether oxygens (including phenoxy) is 1. The number of nitrogens with zero attached hydrogens (tertiary/aromatic N) is 4. The summed E-state index contributed by atoms with van der Waals surface area (Å²) in [6, 6.07) is 2.34. The fourth-order valence-electron chi connectivity index (χ4n) is 2.83. The van der Waals surface area contributed by atoms with Crippen LogP contribution in [0, 0.1) is 0 Å². The smallest absolute Gasteiger partial charge is 0.125 e. The molecule has 1 aliphatic rings. The summed E-state index contributed by atoms with van der Waals surface area (Å²) >= 11 is 6.05. The topological polar surface area (TPSA) is 43.2 Å². The Morgan fingerprint density at radius 3 is 2.95 bits per heavy atom. The molecule has 1 saturated heterocycles. The van der Waals surface area contributed by atoms with Gasteiger partial charge < -0.3 is 9.30 Å². The molecule has 20 heavy (non-hydrogen) atoms. The fourth-order valence-corrected chi connectivity index (χ4v) is 3.01. The van der Waals surface area contributed by atoms with Crippen LogP contribution in [0.2, 0.25) is 0 Å². The Hall–Kier alpha value is -1.17. The van der Waals surface area contributed by atoms with Gasteiger partial charge in [0.25, 0.3) is 0 Å². The molecule has 1 aliphatic heterocycles. The molecule has 2 aromatic heterocycles. The lowest BCUT2D eigenvalue weighted by Gasteiger charge is -2.30. The maximum atomic E-state index is 6.05. The van der Waals surface area contributed by atoms with Crippen LogP contribution in [0.25, 0.3) is 11.0 Å². The molecule has 5 nitrogen and oxygen atoms in total. The Morgan fingerprint density at radius 2 is 2.20 bits per heavy atom. The van der Waals surface area contributed by atoms with Crippen LogP contribution in [0.3, 0.4) is 0 Å². The highest BCUT2D eigenvalue weighted by Gasteiger charge is 2.19. The molecule has 0 amide bonds. The maximum Gasteiger partial charge on any atom is 0.125 e. The number of aromatic nitrogens is 3. The van der Waals surface area contributed by atoms with E-state index >= 15 is 0 Å². The van der Waals surface area contributed by atoms with Crippen molar-refractivity contribution >= 4 is 22.6 Å². The zero-order chi connectivity index (χ0) is 13.9. The van der Waals surface area contributed by atoms with Crippen LogP contribution in [-0.2, 0) is 10.6 Å². The lowest BCUT2D eigenvalue weighted by atomic mass is 10.2. The number of fused-ring (bicyclic) bond motifs is 1. The van der Waals surface area contributed by atoms with Gasteiger partial charge in [-0.15, -0.1) is 11.6 Å². The second-order valence-electron chi connectivity index (χ2n) is 5.16. The molecule has 1 unspecified atom stereocenters. The van der Waals surface area contributed by atoms with E-state index in [1.807, 2.05) is 6.07 Å². The van der Waals surface area contributed by atoms with Gasteiger partial charge in [0.05, 0.1) is 30.8 Å². The quantitative estimate of drug-likeness (QED) is 0.810. The van der Waals surface area contributed by atoms with Gasteiger partial charge in [-0.1, -0.05) is 0 Å². The van der Waals surface area contributed by atoms with E-state index in [0.29, 0.717) is 11.9 Å². The van der Waals surface area contributed by atoms with Gasteiger partial charge in [-0.2, -0.15) is 0 Å². The van der Waals surface area contributed by atoms with E-state index in [1.165, 1.54) is 0 Å². The molecule has 2 aromatic rings. The lowest BCUT2D eigenvalue weighted by molar-refractivity contribution is 0.0326. The van der Waals surface area contributed by atoms with Crippen molar-refractivity contribution in [3.8, 4) is 0 Å². The summed E-state index contributed by atoms with van der Waals surface area (Å²) in [6.45, 7) is 6.84. The molecule has 108 valence electrons. The first-order chi connectivity index (χ1) is 9.79. The van der Waals surface area contributed by atoms with Crippen LogP contribution >= 0.6 is 11.6 Å². The minimum Gasteiger partial charge on any atom is -0.379 e. The van der Waals surface area contributed by atoms with Crippen molar-refractivity contribution in [2.75, 3.05) is 32.8 Å². The van der Waals surface area contributed by atoms with E-state index in [0.717, 1.165) is 49.7 Å². The summed E-state index contributed by atoms with van der Waals surface area (Å²) in [5.41, 5.74) is 2.02. The molecule has 6 heteroatoms. The number of imidazole rings is 1. The molecular weight excluding hydrogens is 276 g/mol. The molecule has 1 atom stereocenters. The molecule has 0 aliphatic carbocycles. The standard InChI is InChI=1S/C14H19ClN4O/c1-11(10-18-4-6-20-7-5-18)19-13-2-3-16-9-12(13)17-14(19)8-15/h2-3,9,11H,4-8,10H2,1H3. The Labute approximate surface area is 123 Å². The van der Waals surface area contributed by atoms with Gasteiger partial charge in [-0.3, -0.25) is 9.88 Å². The average molecular weight is 295 g/mol. The minimum absolute atomic E-state index is 0.328. The molecule has 1 fully saturated rings. The van der Waals surface area contributed by atoms with E-state index in [2.05, 4.69) is 26.4 Å². The number of pyridine rings is 1. The number of halogens is 1. The van der Waals surface area contributed by atoms with E-state index in [-0.39, 0.29) is 0 Å². The van der Waals surface area contributed by atoms with Gasteiger partial charge in [0.15, 0.2) is 0 Å². The Bertz CT molecular complexity index is 580. The summed E-state index contributed by atoms with van der Waals surface area (Å²) in [5.74, 6) is 1.33. The first-order valence-corrected chi connectivity index (χ1v) is 7.50. The molecule has 3 rings (SSSR count). The number of hydrogen-bond donors (Lipinski definition) is 0. The first kappa shape index (κ1) is 13.8. The molecule has 0 saturated carbocycles. The molecule has 0 radical (unpaired) electrons. The van der Waals surface area contributed by atoms with E-state index in [1.54, 1.807) is 12.4 Å². The third-order valence-corrected chi connectivity index (χ3v) is 3.99. The van der Waals surface area contributed by atoms with Crippen molar-refractivity contribution in [2.24, 2.45) is 0 Å². The van der Waals surface area contributed by atoms with Crippen LogP contribution in [0.15, 0.2) is 18.5 Å². The van der Waals surface area contributed by atoms with Gasteiger partial charge in [0.2, 0.25) is 0 Å². The molecule has 0 spiro atoms. The van der Waals surface area contributed by atoms with Crippen LogP contribution in [0.1, 0.15) is 18.8 Å². The molecule has 3 heterocycles. The highest BCUT2D eigenvalue weighted by atomic mass is 35.5. The van der Waals surface area contributed by atoms with Crippen molar-refractivity contribution in [3.05, 3.63) is 24.3 Å². The van der Waals surface area contributed by atoms with Crippen LogP contribution < -0.4 is 0 Å². The van der Waals surface area contributed by atoms with Gasteiger partial charge in [0.1, 0.15) is 11.3 Å². The van der Waals surface area contributed by atoms with Crippen molar-refractivity contribution in [1.29, 1.82) is 0 Å². The van der Waals surface area contributed by atoms with Crippen molar-refractivity contribution in [3.63, 3.8) is 0 Å². The summed E-state index contributed by atoms with van der Waals surface area (Å²) in [5, 5.41) is 0. The molecule has 0 bridgehead atoms. The van der Waals surface area contributed by atoms with Crippen LogP contribution in [0.5, 0.6) is 0 Å². The molecule has 0 N–H and O–H groups in total. The van der Waals surface area contributed by atoms with Crippen LogP contribution in [0.4, 0.5) is 0 Å². The zero-order valence-electron chi connectivity index (χ0n) is 11.6. The van der Waals surface area contributed by atoms with E-state index in [4.69, 9.17) is 16.3 Å². The third kappa shape index (κ3) is 2.66. The van der Waals surface area contributed by atoms with Crippen molar-refractivity contribution in [2.45, 2.75) is 18.8 Å². The lowest BCUT2D eigenvalue weighted by Crippen LogP contribution is -2.39. The summed E-state index contributed by atoms with van der Waals surface area (Å²) in [6.07, 6.45) is 3.60. The first-order valence-electron chi connectivity index (χ1n) is 6.96. The number of morpholine rings is 1. The summed E-state index contributed by atoms with van der Waals surface area (Å²) in [7, 11) is 0. The summed E-state index contributed by atoms with van der Waals surface area (Å²) in [4.78, 5) is 11.1. The van der Waals surface area contributed by atoms with Gasteiger partial charge in [-0.25, -0.2) is 4.98 Å². The number of hydrogen-bond acceptors (Lipinski definition) is 4. The molecular formula is C14H19ClN4O. The fraction of sp³-hybridized carbons (Fsp3) is 0.571. The predicted molar refractivity (Wildman–Crippen MR) is 79.1 cm³/mol. The number of alkyl halides is 1. The Kier molecular flexibility index (Phi) is 4.19. The SMILES string of the molecule is CC(CN1CCOCC1)n1c(CCl)nc2cnccc21. The maximum absolute atomic E-state index is 6.05. The van der Waals surface area contributed by atoms with Crippen molar-refractivity contribution in [1.82, 2.24) is 19.4 Å². The molecule has 0 aromatic carbocycles. The van der Waals surface area contributed by atoms with Gasteiger partial charge in [0, 0.05) is 31.9 Å². The second-order valence-corrected chi connectivity index (χ2v) is 5.43. The highest BCUT2D eigenvalue weighted by molar-refractivity contribution is 6.16. The van der Waals surface area contributed by atoms with E-state index < -0.39 is 0 Å². The highest BCUT2D eigenvalue weighted by Crippen LogP contribution is 2.22. The predicted octanol–water partition coefficient (Wildman–Crippen LogP) is 2.06. The largest absolute Gasteiger partial charge is 0.379 e. The number of rotatable bonds is 4.